The van der Waals surface area contributed by atoms with E-state index in [9.17, 15) is 9.59 Å². The molecule has 0 bridgehead atoms. The fourth-order valence-corrected chi connectivity index (χ4v) is 2.65. The van der Waals surface area contributed by atoms with Crippen LogP contribution in [0.2, 0.25) is 0 Å². The SMILES string of the molecule is COc1cc(NC(=O)NC(CSC)C(=O)NCC#N)cc(OC)c1OC. The molecule has 3 amide bonds. The minimum absolute atomic E-state index is 0.125. The molecule has 0 saturated carbocycles. The highest BCUT2D eigenvalue weighted by molar-refractivity contribution is 7.98. The first-order valence-electron chi connectivity index (χ1n) is 7.51. The molecule has 1 rings (SSSR count). The quantitative estimate of drug-likeness (QED) is 0.549. The lowest BCUT2D eigenvalue weighted by Crippen LogP contribution is -2.49. The van der Waals surface area contributed by atoms with Gasteiger partial charge in [0.05, 0.1) is 33.1 Å². The molecule has 0 fully saturated rings. The van der Waals surface area contributed by atoms with E-state index in [0.717, 1.165) is 0 Å². The molecule has 10 heteroatoms. The van der Waals surface area contributed by atoms with Gasteiger partial charge in [-0.1, -0.05) is 0 Å². The van der Waals surface area contributed by atoms with Gasteiger partial charge in [0.25, 0.3) is 0 Å². The molecule has 0 spiro atoms. The summed E-state index contributed by atoms with van der Waals surface area (Å²) in [7, 11) is 4.41. The summed E-state index contributed by atoms with van der Waals surface area (Å²) in [6.45, 7) is -0.125. The number of nitriles is 1. The highest BCUT2D eigenvalue weighted by atomic mass is 32.2. The fourth-order valence-electron chi connectivity index (χ4n) is 2.08. The van der Waals surface area contributed by atoms with Gasteiger partial charge in [-0.05, 0) is 6.26 Å². The van der Waals surface area contributed by atoms with Gasteiger partial charge >= 0.3 is 6.03 Å². The molecule has 0 saturated heterocycles. The summed E-state index contributed by atoms with van der Waals surface area (Å²) in [6.07, 6.45) is 1.81. The van der Waals surface area contributed by atoms with Crippen molar-refractivity contribution in [3.05, 3.63) is 12.1 Å². The van der Waals surface area contributed by atoms with Gasteiger partial charge in [-0.2, -0.15) is 17.0 Å². The summed E-state index contributed by atoms with van der Waals surface area (Å²) in [6, 6.07) is 3.60. The molecular formula is C16H22N4O5S. The highest BCUT2D eigenvalue weighted by Crippen LogP contribution is 2.39. The number of hydrogen-bond acceptors (Lipinski definition) is 7. The molecule has 1 unspecified atom stereocenters. The maximum absolute atomic E-state index is 12.2. The van der Waals surface area contributed by atoms with Crippen molar-refractivity contribution < 1.29 is 23.8 Å². The van der Waals surface area contributed by atoms with E-state index in [0.29, 0.717) is 28.7 Å². The van der Waals surface area contributed by atoms with Gasteiger partial charge in [-0.3, -0.25) is 4.79 Å². The number of nitrogens with zero attached hydrogens (tertiary/aromatic N) is 1. The smallest absolute Gasteiger partial charge is 0.319 e. The maximum Gasteiger partial charge on any atom is 0.319 e. The van der Waals surface area contributed by atoms with Crippen molar-refractivity contribution in [3.63, 3.8) is 0 Å². The summed E-state index contributed by atoms with van der Waals surface area (Å²) < 4.78 is 15.7. The largest absolute Gasteiger partial charge is 0.493 e. The van der Waals surface area contributed by atoms with Crippen molar-refractivity contribution in [2.24, 2.45) is 0 Å². The Hall–Kier alpha value is -2.80. The fraction of sp³-hybridized carbons (Fsp3) is 0.438. The summed E-state index contributed by atoms with van der Waals surface area (Å²) in [4.78, 5) is 24.2. The average molecular weight is 382 g/mol. The van der Waals surface area contributed by atoms with E-state index < -0.39 is 18.0 Å². The molecule has 0 aromatic heterocycles. The first kappa shape index (κ1) is 21.2. The first-order chi connectivity index (χ1) is 12.5. The normalized spacial score (nSPS) is 10.9. The van der Waals surface area contributed by atoms with Crippen LogP contribution in [0.25, 0.3) is 0 Å². The monoisotopic (exact) mass is 382 g/mol. The van der Waals surface area contributed by atoms with Gasteiger partial charge in [0, 0.05) is 17.9 Å². The number of hydrogen-bond donors (Lipinski definition) is 3. The van der Waals surface area contributed by atoms with Crippen LogP contribution >= 0.6 is 11.8 Å². The Morgan fingerprint density at radius 3 is 2.27 bits per heavy atom. The second-order valence-corrected chi connectivity index (χ2v) is 5.81. The van der Waals surface area contributed by atoms with Gasteiger partial charge in [0.2, 0.25) is 11.7 Å². The summed E-state index contributed by atoms with van der Waals surface area (Å²) >= 11 is 1.39. The van der Waals surface area contributed by atoms with E-state index in [1.54, 1.807) is 12.1 Å². The van der Waals surface area contributed by atoms with Crippen LogP contribution in [0.5, 0.6) is 17.2 Å². The molecule has 0 aliphatic carbocycles. The van der Waals surface area contributed by atoms with Crippen molar-refractivity contribution >= 4 is 29.4 Å². The van der Waals surface area contributed by atoms with E-state index in [4.69, 9.17) is 19.5 Å². The number of benzene rings is 1. The van der Waals surface area contributed by atoms with Gasteiger partial charge in [0.1, 0.15) is 12.6 Å². The zero-order valence-electron chi connectivity index (χ0n) is 15.0. The third kappa shape index (κ3) is 5.93. The van der Waals surface area contributed by atoms with Gasteiger partial charge in [-0.25, -0.2) is 4.79 Å². The Kier molecular flexibility index (Phi) is 8.94. The lowest BCUT2D eigenvalue weighted by molar-refractivity contribution is -0.122. The molecule has 0 aliphatic heterocycles. The van der Waals surface area contributed by atoms with E-state index >= 15 is 0 Å². The number of ether oxygens (including phenoxy) is 3. The Balaban J connectivity index is 2.88. The predicted octanol–water partition coefficient (Wildman–Crippen LogP) is 1.21. The molecule has 1 aromatic rings. The lowest BCUT2D eigenvalue weighted by atomic mass is 10.2. The summed E-state index contributed by atoms with van der Waals surface area (Å²) in [5, 5.41) is 16.2. The predicted molar refractivity (Wildman–Crippen MR) is 99.0 cm³/mol. The molecule has 142 valence electrons. The molecule has 0 heterocycles. The standard InChI is InChI=1S/C16H22N4O5S/c1-23-12-7-10(8-13(24-2)14(12)25-3)19-16(22)20-11(9-26-4)15(21)18-6-5-17/h7-8,11H,6,9H2,1-4H3,(H,18,21)(H2,19,20,22). The van der Waals surface area contributed by atoms with E-state index in [1.807, 2.05) is 12.3 Å². The number of amides is 3. The van der Waals surface area contributed by atoms with Crippen molar-refractivity contribution in [1.82, 2.24) is 10.6 Å². The van der Waals surface area contributed by atoms with Gasteiger partial charge in [-0.15, -0.1) is 0 Å². The maximum atomic E-state index is 12.2. The lowest BCUT2D eigenvalue weighted by Gasteiger charge is -2.18. The van der Waals surface area contributed by atoms with Crippen LogP contribution < -0.4 is 30.2 Å². The molecule has 0 aliphatic rings. The topological polar surface area (TPSA) is 122 Å². The minimum atomic E-state index is -0.777. The zero-order chi connectivity index (χ0) is 19.5. The second-order valence-electron chi connectivity index (χ2n) is 4.90. The van der Waals surface area contributed by atoms with Crippen LogP contribution in [0, 0.1) is 11.3 Å². The average Bonchev–Trinajstić information content (AvgIpc) is 2.64. The van der Waals surface area contributed by atoms with Crippen LogP contribution in [0.4, 0.5) is 10.5 Å². The third-order valence-corrected chi connectivity index (χ3v) is 3.89. The number of nitrogens with one attached hydrogen (secondary N) is 3. The van der Waals surface area contributed by atoms with Crippen molar-refractivity contribution in [3.8, 4) is 23.3 Å². The summed E-state index contributed by atoms with van der Waals surface area (Å²) in [5.74, 6) is 1.10. The Morgan fingerprint density at radius 2 is 1.81 bits per heavy atom. The number of anilines is 1. The van der Waals surface area contributed by atoms with Crippen molar-refractivity contribution in [2.45, 2.75) is 6.04 Å². The molecular weight excluding hydrogens is 360 g/mol. The number of carbonyl (C=O) groups excluding carboxylic acids is 2. The van der Waals surface area contributed by atoms with Crippen molar-refractivity contribution in [2.75, 3.05) is 45.2 Å². The van der Waals surface area contributed by atoms with Crippen LogP contribution in [0.1, 0.15) is 0 Å². The number of rotatable bonds is 9. The van der Waals surface area contributed by atoms with Crippen LogP contribution in [-0.2, 0) is 4.79 Å². The number of carbonyl (C=O) groups is 2. The number of thioether (sulfide) groups is 1. The molecule has 3 N–H and O–H groups in total. The van der Waals surface area contributed by atoms with Crippen LogP contribution in [0.15, 0.2) is 12.1 Å². The third-order valence-electron chi connectivity index (χ3n) is 3.22. The molecule has 26 heavy (non-hydrogen) atoms. The van der Waals surface area contributed by atoms with Gasteiger partial charge in [0.15, 0.2) is 11.5 Å². The van der Waals surface area contributed by atoms with Gasteiger partial charge < -0.3 is 30.2 Å². The molecule has 9 nitrogen and oxygen atoms in total. The second kappa shape index (κ2) is 10.9. The Bertz CT molecular complexity index is 652. The van der Waals surface area contributed by atoms with Crippen molar-refractivity contribution in [1.29, 1.82) is 5.26 Å². The molecule has 1 aromatic carbocycles. The first-order valence-corrected chi connectivity index (χ1v) is 8.91. The highest BCUT2D eigenvalue weighted by Gasteiger charge is 2.21. The molecule has 0 radical (unpaired) electrons. The van der Waals surface area contributed by atoms with E-state index in [1.165, 1.54) is 33.1 Å². The zero-order valence-corrected chi connectivity index (χ0v) is 15.9. The molecule has 1 atom stereocenters. The summed E-state index contributed by atoms with van der Waals surface area (Å²) in [5.41, 5.74) is 0.400. The minimum Gasteiger partial charge on any atom is -0.493 e. The Morgan fingerprint density at radius 1 is 1.19 bits per heavy atom. The van der Waals surface area contributed by atoms with Crippen LogP contribution in [-0.4, -0.2) is 57.9 Å². The number of urea groups is 1. The Labute approximate surface area is 156 Å². The number of methoxy groups -OCH3 is 3. The van der Waals surface area contributed by atoms with E-state index in [-0.39, 0.29) is 6.54 Å². The van der Waals surface area contributed by atoms with E-state index in [2.05, 4.69) is 16.0 Å². The van der Waals surface area contributed by atoms with Crippen LogP contribution in [0.3, 0.4) is 0 Å².